The van der Waals surface area contributed by atoms with E-state index in [9.17, 15) is 14.7 Å². The number of aromatic nitrogens is 3. The Balaban J connectivity index is 1.58. The second-order valence-electron chi connectivity index (χ2n) is 7.28. The molecular weight excluding hydrogens is 412 g/mol. The third-order valence-corrected chi connectivity index (χ3v) is 5.20. The van der Waals surface area contributed by atoms with Gasteiger partial charge in [0.05, 0.1) is 10.7 Å². The molecule has 0 aromatic carbocycles. The van der Waals surface area contributed by atoms with Crippen molar-refractivity contribution in [2.75, 3.05) is 6.54 Å². The molecule has 0 radical (unpaired) electrons. The molecule has 0 unspecified atom stereocenters. The number of ether oxygens (including phenoxy) is 1. The predicted octanol–water partition coefficient (Wildman–Crippen LogP) is 2.53. The fourth-order valence-electron chi connectivity index (χ4n) is 3.43. The van der Waals surface area contributed by atoms with Crippen LogP contribution < -0.4 is 10.1 Å². The number of halogens is 1. The molecular formula is C20H23ClN4O5. The number of aryl methyl sites for hydroxylation is 1. The fourth-order valence-corrected chi connectivity index (χ4v) is 3.54. The molecule has 1 saturated carbocycles. The van der Waals surface area contributed by atoms with Gasteiger partial charge in [-0.25, -0.2) is 15.0 Å². The number of hydrogen-bond acceptors (Lipinski definition) is 7. The molecule has 0 saturated heterocycles. The number of aromatic hydroxyl groups is 1. The average molecular weight is 435 g/mol. The van der Waals surface area contributed by atoms with E-state index in [1.54, 1.807) is 25.3 Å². The van der Waals surface area contributed by atoms with Crippen molar-refractivity contribution in [2.24, 2.45) is 5.92 Å². The van der Waals surface area contributed by atoms with E-state index in [0.717, 1.165) is 25.7 Å². The van der Waals surface area contributed by atoms with Crippen molar-refractivity contribution in [1.29, 1.82) is 0 Å². The van der Waals surface area contributed by atoms with Gasteiger partial charge in [0.15, 0.2) is 11.4 Å². The van der Waals surface area contributed by atoms with E-state index in [0.29, 0.717) is 29.1 Å². The van der Waals surface area contributed by atoms with Gasteiger partial charge in [0.25, 0.3) is 5.91 Å². The van der Waals surface area contributed by atoms with E-state index in [4.69, 9.17) is 21.4 Å². The van der Waals surface area contributed by atoms with Gasteiger partial charge >= 0.3 is 5.97 Å². The number of carbonyl (C=O) groups excluding carboxylic acids is 1. The van der Waals surface area contributed by atoms with Gasteiger partial charge in [0.1, 0.15) is 18.5 Å². The Labute approximate surface area is 178 Å². The summed E-state index contributed by atoms with van der Waals surface area (Å²) in [5.74, 6) is -0.932. The van der Waals surface area contributed by atoms with Crippen molar-refractivity contribution in [3.63, 3.8) is 0 Å². The van der Waals surface area contributed by atoms with Gasteiger partial charge < -0.3 is 20.3 Å². The summed E-state index contributed by atoms with van der Waals surface area (Å²) in [5.41, 5.74) is 0.0795. The highest BCUT2D eigenvalue weighted by molar-refractivity contribution is 6.30. The zero-order valence-corrected chi connectivity index (χ0v) is 17.2. The molecule has 10 heteroatoms. The summed E-state index contributed by atoms with van der Waals surface area (Å²) in [6, 6.07) is 3.49. The first-order valence-electron chi connectivity index (χ1n) is 9.66. The molecule has 1 amide bonds. The molecule has 0 spiro atoms. The summed E-state index contributed by atoms with van der Waals surface area (Å²) in [6.45, 7) is 1.03. The zero-order chi connectivity index (χ0) is 21.7. The molecule has 9 nitrogen and oxygen atoms in total. The van der Waals surface area contributed by atoms with Crippen LogP contribution in [-0.4, -0.2) is 49.7 Å². The first-order chi connectivity index (χ1) is 14.3. The lowest BCUT2D eigenvalue weighted by Crippen LogP contribution is -2.30. The molecule has 160 valence electrons. The van der Waals surface area contributed by atoms with Gasteiger partial charge in [-0.05, 0) is 44.6 Å². The minimum Gasteiger partial charge on any atom is -0.504 e. The fraction of sp³-hybridized carbons (Fsp3) is 0.450. The zero-order valence-electron chi connectivity index (χ0n) is 16.5. The van der Waals surface area contributed by atoms with Gasteiger partial charge in [0.2, 0.25) is 5.88 Å². The van der Waals surface area contributed by atoms with Crippen molar-refractivity contribution in [1.82, 2.24) is 20.3 Å². The maximum absolute atomic E-state index is 12.1. The number of hydrogen-bond donors (Lipinski definition) is 3. The molecule has 3 N–H and O–H groups in total. The molecule has 1 fully saturated rings. The van der Waals surface area contributed by atoms with Crippen molar-refractivity contribution >= 4 is 23.5 Å². The summed E-state index contributed by atoms with van der Waals surface area (Å²) < 4.78 is 5.91. The van der Waals surface area contributed by atoms with Crippen LogP contribution in [0.4, 0.5) is 0 Å². The lowest BCUT2D eigenvalue weighted by Gasteiger charge is -2.28. The third-order valence-electron chi connectivity index (χ3n) is 4.97. The van der Waals surface area contributed by atoms with Crippen LogP contribution in [0.5, 0.6) is 11.6 Å². The normalized spacial score (nSPS) is 18.6. The Kier molecular flexibility index (Phi) is 7.04. The molecule has 30 heavy (non-hydrogen) atoms. The van der Waals surface area contributed by atoms with Crippen LogP contribution in [0, 0.1) is 12.8 Å². The van der Waals surface area contributed by atoms with E-state index < -0.39 is 18.4 Å². The highest BCUT2D eigenvalue weighted by atomic mass is 35.5. The Morgan fingerprint density at radius 3 is 2.60 bits per heavy atom. The number of pyridine rings is 1. The lowest BCUT2D eigenvalue weighted by atomic mass is 9.85. The van der Waals surface area contributed by atoms with Gasteiger partial charge in [-0.3, -0.25) is 9.59 Å². The van der Waals surface area contributed by atoms with Crippen molar-refractivity contribution < 1.29 is 24.5 Å². The maximum atomic E-state index is 12.1. The second-order valence-corrected chi connectivity index (χ2v) is 7.71. The molecule has 1 aliphatic carbocycles. The van der Waals surface area contributed by atoms with Gasteiger partial charge in [-0.2, -0.15) is 0 Å². The molecule has 3 rings (SSSR count). The van der Waals surface area contributed by atoms with Crippen LogP contribution in [0.2, 0.25) is 5.02 Å². The average Bonchev–Trinajstić information content (AvgIpc) is 2.72. The van der Waals surface area contributed by atoms with Crippen LogP contribution in [0.3, 0.4) is 0 Å². The van der Waals surface area contributed by atoms with E-state index in [1.807, 2.05) is 0 Å². The smallest absolute Gasteiger partial charge is 0.322 e. The molecule has 1 aliphatic rings. The molecule has 2 heterocycles. The van der Waals surface area contributed by atoms with E-state index in [-0.39, 0.29) is 23.2 Å². The van der Waals surface area contributed by atoms with E-state index >= 15 is 0 Å². The SMILES string of the molecule is Cc1nc(CC2CCC(Oc3ccc(Cl)cn3)CC2)nc(C(=O)NCC(=O)O)c1O. The Bertz CT molecular complexity index is 914. The number of carboxylic acids is 1. The molecule has 0 aliphatic heterocycles. The van der Waals surface area contributed by atoms with Crippen LogP contribution in [-0.2, 0) is 11.2 Å². The van der Waals surface area contributed by atoms with Gasteiger partial charge in [-0.1, -0.05) is 11.6 Å². The molecule has 0 atom stereocenters. The highest BCUT2D eigenvalue weighted by Gasteiger charge is 2.25. The van der Waals surface area contributed by atoms with Crippen molar-refractivity contribution in [3.05, 3.63) is 40.6 Å². The molecule has 2 aromatic heterocycles. The second kappa shape index (κ2) is 9.71. The van der Waals surface area contributed by atoms with Gasteiger partial charge in [-0.15, -0.1) is 0 Å². The number of carboxylic acid groups (broad SMARTS) is 1. The van der Waals surface area contributed by atoms with Crippen molar-refractivity contribution in [3.8, 4) is 11.6 Å². The number of carbonyl (C=O) groups is 2. The Morgan fingerprint density at radius 1 is 1.23 bits per heavy atom. The summed E-state index contributed by atoms with van der Waals surface area (Å²) in [7, 11) is 0. The van der Waals surface area contributed by atoms with E-state index in [1.165, 1.54) is 0 Å². The maximum Gasteiger partial charge on any atom is 0.322 e. The molecule has 0 bridgehead atoms. The van der Waals surface area contributed by atoms with Crippen LogP contribution in [0.1, 0.15) is 47.7 Å². The minimum atomic E-state index is -1.18. The monoisotopic (exact) mass is 434 g/mol. The highest BCUT2D eigenvalue weighted by Crippen LogP contribution is 2.30. The first-order valence-corrected chi connectivity index (χ1v) is 10.0. The minimum absolute atomic E-state index is 0.0785. The third kappa shape index (κ3) is 5.79. The number of nitrogens with one attached hydrogen (secondary N) is 1. The number of amides is 1. The quantitative estimate of drug-likeness (QED) is 0.605. The first kappa shape index (κ1) is 21.8. The Hall–Kier alpha value is -2.94. The standard InChI is InChI=1S/C20H23ClN4O5/c1-11-19(28)18(20(29)23-10-17(26)27)25-15(24-11)8-12-2-5-14(6-3-12)30-16-7-4-13(21)9-22-16/h4,7,9,12,14,28H,2-3,5-6,8,10H2,1H3,(H,23,29)(H,26,27). The van der Waals surface area contributed by atoms with Crippen LogP contribution in [0.25, 0.3) is 0 Å². The summed E-state index contributed by atoms with van der Waals surface area (Å²) in [5, 5.41) is 21.6. The largest absolute Gasteiger partial charge is 0.504 e. The summed E-state index contributed by atoms with van der Waals surface area (Å²) >= 11 is 5.84. The topological polar surface area (TPSA) is 135 Å². The number of aliphatic carboxylic acids is 1. The van der Waals surface area contributed by atoms with Crippen LogP contribution in [0.15, 0.2) is 18.3 Å². The Morgan fingerprint density at radius 2 is 1.97 bits per heavy atom. The number of nitrogens with zero attached hydrogens (tertiary/aromatic N) is 3. The van der Waals surface area contributed by atoms with Gasteiger partial charge in [0, 0.05) is 18.7 Å². The summed E-state index contributed by atoms with van der Waals surface area (Å²) in [4.78, 5) is 35.4. The molecule has 2 aromatic rings. The predicted molar refractivity (Wildman–Crippen MR) is 108 cm³/mol. The number of rotatable bonds is 7. The van der Waals surface area contributed by atoms with Crippen molar-refractivity contribution in [2.45, 2.75) is 45.1 Å². The summed E-state index contributed by atoms with van der Waals surface area (Å²) in [6.07, 6.45) is 5.72. The lowest BCUT2D eigenvalue weighted by molar-refractivity contribution is -0.135. The van der Waals surface area contributed by atoms with E-state index in [2.05, 4.69) is 20.3 Å². The van der Waals surface area contributed by atoms with Crippen LogP contribution >= 0.6 is 11.6 Å².